The van der Waals surface area contributed by atoms with Crippen molar-refractivity contribution in [2.45, 2.75) is 12.5 Å². The summed E-state index contributed by atoms with van der Waals surface area (Å²) >= 11 is 0. The molecular formula is C17H16N2O5. The van der Waals surface area contributed by atoms with Gasteiger partial charge in [0.05, 0.1) is 13.2 Å². The lowest BCUT2D eigenvalue weighted by Gasteiger charge is -2.29. The Morgan fingerprint density at radius 1 is 1.33 bits per heavy atom. The average molecular weight is 328 g/mol. The van der Waals surface area contributed by atoms with Crippen LogP contribution in [0.25, 0.3) is 0 Å². The van der Waals surface area contributed by atoms with Crippen molar-refractivity contribution in [1.29, 1.82) is 0 Å². The minimum absolute atomic E-state index is 0.139. The molecule has 3 rings (SSSR count). The molecule has 124 valence electrons. The summed E-state index contributed by atoms with van der Waals surface area (Å²) in [5.41, 5.74) is -0.322. The van der Waals surface area contributed by atoms with Crippen LogP contribution in [0, 0.1) is 0 Å². The maximum Gasteiger partial charge on any atom is 0.343 e. The van der Waals surface area contributed by atoms with Crippen molar-refractivity contribution in [1.82, 2.24) is 9.88 Å². The minimum atomic E-state index is -0.913. The molecule has 2 N–H and O–H groups in total. The van der Waals surface area contributed by atoms with Gasteiger partial charge < -0.3 is 19.7 Å². The number of aromatic nitrogens is 1. The molecule has 0 spiro atoms. The summed E-state index contributed by atoms with van der Waals surface area (Å²) in [6.07, 6.45) is 1.85. The number of hydrogen-bond acceptors (Lipinski definition) is 5. The second kappa shape index (κ2) is 6.19. The number of ether oxygens (including phenoxy) is 1. The molecule has 0 fully saturated rings. The fourth-order valence-electron chi connectivity index (χ4n) is 2.84. The van der Waals surface area contributed by atoms with Crippen LogP contribution < -0.4 is 10.7 Å². The Morgan fingerprint density at radius 3 is 2.71 bits per heavy atom. The SMILES string of the molecule is COC(=O)c1cn2c(c(O)c1=O)C(=O)NC[C@@H]2Cc1ccccc1. The number of methoxy groups -OCH3 is 1. The van der Waals surface area contributed by atoms with Crippen molar-refractivity contribution < 1.29 is 19.4 Å². The topological polar surface area (TPSA) is 97.6 Å². The molecule has 2 heterocycles. The number of rotatable bonds is 3. The van der Waals surface area contributed by atoms with Crippen LogP contribution in [0.4, 0.5) is 0 Å². The Bertz CT molecular complexity index is 857. The van der Waals surface area contributed by atoms with Gasteiger partial charge in [0.15, 0.2) is 11.4 Å². The van der Waals surface area contributed by atoms with E-state index in [1.54, 1.807) is 0 Å². The molecule has 1 aromatic heterocycles. The first-order valence-electron chi connectivity index (χ1n) is 7.41. The summed E-state index contributed by atoms with van der Waals surface area (Å²) in [5, 5.41) is 12.8. The zero-order valence-corrected chi connectivity index (χ0v) is 13.0. The fourth-order valence-corrected chi connectivity index (χ4v) is 2.84. The Balaban J connectivity index is 2.11. The van der Waals surface area contributed by atoms with Crippen molar-refractivity contribution >= 4 is 11.9 Å². The lowest BCUT2D eigenvalue weighted by Crippen LogP contribution is -2.42. The molecule has 0 aliphatic carbocycles. The number of hydrogen-bond donors (Lipinski definition) is 2. The zero-order valence-electron chi connectivity index (χ0n) is 13.0. The van der Waals surface area contributed by atoms with Crippen molar-refractivity contribution in [2.75, 3.05) is 13.7 Å². The van der Waals surface area contributed by atoms with Crippen LogP contribution in [0.2, 0.25) is 0 Å². The second-order valence-corrected chi connectivity index (χ2v) is 5.52. The van der Waals surface area contributed by atoms with Crippen LogP contribution in [0.5, 0.6) is 5.75 Å². The van der Waals surface area contributed by atoms with E-state index in [0.717, 1.165) is 12.7 Å². The lowest BCUT2D eigenvalue weighted by atomic mass is 10.0. The van der Waals surface area contributed by atoms with Gasteiger partial charge in [0.2, 0.25) is 5.43 Å². The Labute approximate surface area is 137 Å². The van der Waals surface area contributed by atoms with Crippen LogP contribution in [-0.2, 0) is 11.2 Å². The molecule has 7 nitrogen and oxygen atoms in total. The van der Waals surface area contributed by atoms with Gasteiger partial charge in [0.1, 0.15) is 5.56 Å². The number of fused-ring (bicyclic) bond motifs is 1. The van der Waals surface area contributed by atoms with Gasteiger partial charge in [-0.15, -0.1) is 0 Å². The molecule has 1 aliphatic heterocycles. The summed E-state index contributed by atoms with van der Waals surface area (Å²) in [6.45, 7) is 0.323. The van der Waals surface area contributed by atoms with Gasteiger partial charge in [-0.25, -0.2) is 4.79 Å². The summed E-state index contributed by atoms with van der Waals surface area (Å²) in [6, 6.07) is 9.35. The number of nitrogens with zero attached hydrogens (tertiary/aromatic N) is 1. The molecule has 0 bridgehead atoms. The monoisotopic (exact) mass is 328 g/mol. The van der Waals surface area contributed by atoms with E-state index in [2.05, 4.69) is 10.1 Å². The molecule has 1 atom stereocenters. The van der Waals surface area contributed by atoms with E-state index in [9.17, 15) is 19.5 Å². The highest BCUT2D eigenvalue weighted by atomic mass is 16.5. The molecule has 0 saturated heterocycles. The van der Waals surface area contributed by atoms with Crippen molar-refractivity contribution in [3.63, 3.8) is 0 Å². The van der Waals surface area contributed by atoms with E-state index in [1.807, 2.05) is 30.3 Å². The largest absolute Gasteiger partial charge is 0.503 e. The molecule has 24 heavy (non-hydrogen) atoms. The highest BCUT2D eigenvalue weighted by Crippen LogP contribution is 2.24. The molecular weight excluding hydrogens is 312 g/mol. The Kier molecular flexibility index (Phi) is 4.07. The number of amides is 1. The Hall–Kier alpha value is -3.09. The number of benzene rings is 1. The first-order valence-corrected chi connectivity index (χ1v) is 7.41. The van der Waals surface area contributed by atoms with E-state index in [1.165, 1.54) is 10.8 Å². The summed E-state index contributed by atoms with van der Waals surface area (Å²) in [7, 11) is 1.15. The minimum Gasteiger partial charge on any atom is -0.503 e. The normalized spacial score (nSPS) is 16.2. The smallest absolute Gasteiger partial charge is 0.343 e. The average Bonchev–Trinajstić information content (AvgIpc) is 2.60. The zero-order chi connectivity index (χ0) is 17.3. The van der Waals surface area contributed by atoms with Gasteiger partial charge in [0, 0.05) is 12.7 Å². The molecule has 1 aromatic carbocycles. The molecule has 7 heteroatoms. The van der Waals surface area contributed by atoms with Crippen LogP contribution in [0.3, 0.4) is 0 Å². The second-order valence-electron chi connectivity index (χ2n) is 5.52. The number of aromatic hydroxyl groups is 1. The third kappa shape index (κ3) is 2.64. The highest BCUT2D eigenvalue weighted by molar-refractivity contribution is 5.97. The third-order valence-electron chi connectivity index (χ3n) is 4.04. The van der Waals surface area contributed by atoms with E-state index in [0.29, 0.717) is 13.0 Å². The number of carbonyl (C=O) groups is 2. The maximum atomic E-state index is 12.1. The first-order chi connectivity index (χ1) is 11.5. The van der Waals surface area contributed by atoms with Gasteiger partial charge in [-0.1, -0.05) is 30.3 Å². The van der Waals surface area contributed by atoms with Gasteiger partial charge in [-0.2, -0.15) is 0 Å². The predicted molar refractivity (Wildman–Crippen MR) is 85.2 cm³/mol. The van der Waals surface area contributed by atoms with Gasteiger partial charge in [-0.05, 0) is 12.0 Å². The molecule has 0 saturated carbocycles. The molecule has 0 radical (unpaired) electrons. The van der Waals surface area contributed by atoms with Crippen LogP contribution in [-0.4, -0.2) is 35.2 Å². The van der Waals surface area contributed by atoms with Crippen molar-refractivity contribution in [3.8, 4) is 5.75 Å². The van der Waals surface area contributed by atoms with Gasteiger partial charge in [0.25, 0.3) is 5.91 Å². The summed E-state index contributed by atoms with van der Waals surface area (Å²) in [5.74, 6) is -2.14. The first kappa shape index (κ1) is 15.8. The highest BCUT2D eigenvalue weighted by Gasteiger charge is 2.31. The van der Waals surface area contributed by atoms with Gasteiger partial charge in [-0.3, -0.25) is 9.59 Å². The summed E-state index contributed by atoms with van der Waals surface area (Å²) in [4.78, 5) is 35.9. The lowest BCUT2D eigenvalue weighted by molar-refractivity contribution is 0.0595. The molecule has 1 amide bonds. The molecule has 1 aliphatic rings. The van der Waals surface area contributed by atoms with Crippen molar-refractivity contribution in [3.05, 3.63) is 63.6 Å². The number of carbonyl (C=O) groups excluding carboxylic acids is 2. The quantitative estimate of drug-likeness (QED) is 0.815. The number of pyridine rings is 1. The van der Waals surface area contributed by atoms with Gasteiger partial charge >= 0.3 is 5.97 Å². The summed E-state index contributed by atoms with van der Waals surface area (Å²) < 4.78 is 6.06. The molecule has 0 unspecified atom stereocenters. The van der Waals surface area contributed by atoms with E-state index >= 15 is 0 Å². The maximum absolute atomic E-state index is 12.1. The van der Waals surface area contributed by atoms with Crippen LogP contribution >= 0.6 is 0 Å². The third-order valence-corrected chi connectivity index (χ3v) is 4.04. The molecule has 2 aromatic rings. The predicted octanol–water partition coefficient (Wildman–Crippen LogP) is 0.868. The number of esters is 1. The van der Waals surface area contributed by atoms with E-state index in [-0.39, 0.29) is 17.3 Å². The van der Waals surface area contributed by atoms with Crippen LogP contribution in [0.15, 0.2) is 41.3 Å². The standard InChI is InChI=1S/C17H16N2O5/c1-24-17(23)12-9-19-11(7-10-5-3-2-4-6-10)8-18-16(22)13(19)15(21)14(12)20/h2-6,9,11,21H,7-8H2,1H3,(H,18,22)/t11-/m0/s1. The van der Waals surface area contributed by atoms with E-state index < -0.39 is 23.1 Å². The number of nitrogens with one attached hydrogen (secondary N) is 1. The van der Waals surface area contributed by atoms with E-state index in [4.69, 9.17) is 0 Å². The van der Waals surface area contributed by atoms with Crippen LogP contribution in [0.1, 0.15) is 32.5 Å². The van der Waals surface area contributed by atoms with Crippen molar-refractivity contribution in [2.24, 2.45) is 0 Å². The Morgan fingerprint density at radius 2 is 2.04 bits per heavy atom. The fraction of sp³-hybridized carbons (Fsp3) is 0.235.